The first-order valence-corrected chi connectivity index (χ1v) is 4.65. The molecule has 0 amide bonds. The summed E-state index contributed by atoms with van der Waals surface area (Å²) in [5, 5.41) is 18.5. The number of rotatable bonds is 3. The smallest absolute Gasteiger partial charge is 0.416 e. The maximum Gasteiger partial charge on any atom is 0.416 e. The van der Waals surface area contributed by atoms with E-state index in [9.17, 15) is 18.3 Å². The molecule has 0 aliphatic rings. The monoisotopic (exact) mass is 251 g/mol. The van der Waals surface area contributed by atoms with Crippen molar-refractivity contribution in [2.45, 2.75) is 18.3 Å². The fraction of sp³-hybridized carbons (Fsp3) is 0.400. The van der Waals surface area contributed by atoms with Crippen molar-refractivity contribution in [3.8, 4) is 11.5 Å². The van der Waals surface area contributed by atoms with Crippen molar-refractivity contribution < 1.29 is 28.1 Å². The van der Waals surface area contributed by atoms with Gasteiger partial charge in [-0.05, 0) is 12.1 Å². The number of hydrogen-bond donors (Lipinski definition) is 3. The second-order valence-corrected chi connectivity index (χ2v) is 3.41. The van der Waals surface area contributed by atoms with Crippen molar-refractivity contribution in [1.29, 1.82) is 0 Å². The first-order valence-electron chi connectivity index (χ1n) is 4.65. The van der Waals surface area contributed by atoms with Crippen LogP contribution in [-0.2, 0) is 0 Å². The zero-order chi connectivity index (χ0) is 13.2. The van der Waals surface area contributed by atoms with Crippen molar-refractivity contribution in [1.82, 2.24) is 0 Å². The van der Waals surface area contributed by atoms with Crippen LogP contribution in [0.15, 0.2) is 18.2 Å². The van der Waals surface area contributed by atoms with E-state index in [4.69, 9.17) is 15.6 Å². The molecule has 2 atom stereocenters. The number of halogens is 3. The number of aliphatic hydroxyl groups is 1. The summed E-state index contributed by atoms with van der Waals surface area (Å²) < 4.78 is 41.7. The molecular formula is C10H12F3NO3. The number of hydrogen-bond acceptors (Lipinski definition) is 4. The summed E-state index contributed by atoms with van der Waals surface area (Å²) in [6.07, 6.45) is -7.64. The summed E-state index contributed by atoms with van der Waals surface area (Å²) in [4.78, 5) is 0. The van der Waals surface area contributed by atoms with Gasteiger partial charge in [0.25, 0.3) is 0 Å². The van der Waals surface area contributed by atoms with Crippen LogP contribution in [0.4, 0.5) is 13.2 Å². The summed E-state index contributed by atoms with van der Waals surface area (Å²) in [6, 6.07) is 2.09. The Morgan fingerprint density at radius 3 is 2.41 bits per heavy atom. The molecule has 1 rings (SSSR count). The van der Waals surface area contributed by atoms with E-state index < -0.39 is 24.1 Å². The van der Waals surface area contributed by atoms with E-state index in [-0.39, 0.29) is 11.3 Å². The molecule has 7 heteroatoms. The van der Waals surface area contributed by atoms with Crippen molar-refractivity contribution in [3.63, 3.8) is 0 Å². The minimum Gasteiger partial charge on any atom is -0.507 e. The van der Waals surface area contributed by atoms with Gasteiger partial charge in [-0.25, -0.2) is 0 Å². The van der Waals surface area contributed by atoms with Crippen LogP contribution in [0.1, 0.15) is 11.6 Å². The maximum absolute atomic E-state index is 12.3. The van der Waals surface area contributed by atoms with Gasteiger partial charge in [-0.15, -0.1) is 0 Å². The van der Waals surface area contributed by atoms with Crippen LogP contribution >= 0.6 is 0 Å². The molecule has 0 heterocycles. The lowest BCUT2D eigenvalue weighted by molar-refractivity contribution is -0.210. The maximum atomic E-state index is 12.3. The summed E-state index contributed by atoms with van der Waals surface area (Å²) in [7, 11) is 1.23. The van der Waals surface area contributed by atoms with Crippen molar-refractivity contribution in [2.24, 2.45) is 5.73 Å². The molecule has 1 aromatic rings. The standard InChI is InChI=1S/C10H12F3NO3/c1-17-6-4-2-3-5(15)7(6)8(14)9(16)10(11,12)13/h2-4,8-9,15-16H,14H2,1H3/t8-,9-/m0/s1. The van der Waals surface area contributed by atoms with E-state index in [0.717, 1.165) is 0 Å². The van der Waals surface area contributed by atoms with Gasteiger partial charge in [-0.1, -0.05) is 6.07 Å². The van der Waals surface area contributed by atoms with Gasteiger partial charge >= 0.3 is 6.18 Å². The number of aromatic hydroxyl groups is 1. The van der Waals surface area contributed by atoms with Crippen molar-refractivity contribution in [3.05, 3.63) is 23.8 Å². The third kappa shape index (κ3) is 2.80. The molecule has 4 N–H and O–H groups in total. The Balaban J connectivity index is 3.16. The highest BCUT2D eigenvalue weighted by Crippen LogP contribution is 2.37. The van der Waals surface area contributed by atoms with Gasteiger partial charge < -0.3 is 20.7 Å². The largest absolute Gasteiger partial charge is 0.507 e. The number of aliphatic hydroxyl groups excluding tert-OH is 1. The summed E-state index contributed by atoms with van der Waals surface area (Å²) in [5.41, 5.74) is 5.01. The predicted octanol–water partition coefficient (Wildman–Crippen LogP) is 1.32. The Morgan fingerprint density at radius 1 is 1.35 bits per heavy atom. The van der Waals surface area contributed by atoms with Crippen LogP contribution in [-0.4, -0.2) is 29.6 Å². The number of benzene rings is 1. The molecule has 0 aliphatic carbocycles. The van der Waals surface area contributed by atoms with E-state index in [1.165, 1.54) is 25.3 Å². The zero-order valence-electron chi connectivity index (χ0n) is 8.90. The molecule has 0 aromatic heterocycles. The lowest BCUT2D eigenvalue weighted by atomic mass is 10.00. The molecule has 0 fully saturated rings. The molecule has 0 aliphatic heterocycles. The number of methoxy groups -OCH3 is 1. The van der Waals surface area contributed by atoms with Crippen LogP contribution in [0, 0.1) is 0 Å². The number of nitrogens with two attached hydrogens (primary N) is 1. The minimum atomic E-state index is -4.87. The second kappa shape index (κ2) is 4.80. The molecular weight excluding hydrogens is 239 g/mol. The lowest BCUT2D eigenvalue weighted by Crippen LogP contribution is -2.39. The molecule has 96 valence electrons. The van der Waals surface area contributed by atoms with Crippen LogP contribution < -0.4 is 10.5 Å². The van der Waals surface area contributed by atoms with E-state index in [2.05, 4.69) is 0 Å². The van der Waals surface area contributed by atoms with Crippen LogP contribution in [0.5, 0.6) is 11.5 Å². The quantitative estimate of drug-likeness (QED) is 0.757. The van der Waals surface area contributed by atoms with Crippen LogP contribution in [0.2, 0.25) is 0 Å². The van der Waals surface area contributed by atoms with Gasteiger partial charge in [0.15, 0.2) is 6.10 Å². The SMILES string of the molecule is COc1cccc(O)c1[C@H](N)[C@H](O)C(F)(F)F. The highest BCUT2D eigenvalue weighted by molar-refractivity contribution is 5.46. The average Bonchev–Trinajstić information content (AvgIpc) is 2.25. The summed E-state index contributed by atoms with van der Waals surface area (Å²) >= 11 is 0. The third-order valence-corrected chi connectivity index (χ3v) is 2.27. The first kappa shape index (κ1) is 13.6. The van der Waals surface area contributed by atoms with Crippen molar-refractivity contribution >= 4 is 0 Å². The van der Waals surface area contributed by atoms with Gasteiger partial charge in [0.2, 0.25) is 0 Å². The highest BCUT2D eigenvalue weighted by atomic mass is 19.4. The summed E-state index contributed by atoms with van der Waals surface area (Å²) in [6.45, 7) is 0. The summed E-state index contributed by atoms with van der Waals surface area (Å²) in [5.74, 6) is -0.471. The number of phenols is 1. The predicted molar refractivity (Wildman–Crippen MR) is 53.6 cm³/mol. The molecule has 1 aromatic carbocycles. The molecule has 0 bridgehead atoms. The zero-order valence-corrected chi connectivity index (χ0v) is 8.90. The topological polar surface area (TPSA) is 75.7 Å². The van der Waals surface area contributed by atoms with Crippen molar-refractivity contribution in [2.75, 3.05) is 7.11 Å². The van der Waals surface area contributed by atoms with Gasteiger partial charge in [0, 0.05) is 0 Å². The molecule has 0 spiro atoms. The second-order valence-electron chi connectivity index (χ2n) is 3.41. The number of alkyl halides is 3. The van der Waals surface area contributed by atoms with Crippen LogP contribution in [0.25, 0.3) is 0 Å². The Labute approximate surface area is 95.4 Å². The molecule has 0 unspecified atom stereocenters. The van der Waals surface area contributed by atoms with Gasteiger partial charge in [-0.3, -0.25) is 0 Å². The van der Waals surface area contributed by atoms with Gasteiger partial charge in [0.05, 0.1) is 18.7 Å². The average molecular weight is 251 g/mol. The molecule has 0 saturated carbocycles. The number of phenolic OH excluding ortho intramolecular Hbond substituents is 1. The highest BCUT2D eigenvalue weighted by Gasteiger charge is 2.44. The lowest BCUT2D eigenvalue weighted by Gasteiger charge is -2.23. The van der Waals surface area contributed by atoms with E-state index in [1.807, 2.05) is 0 Å². The molecule has 17 heavy (non-hydrogen) atoms. The Kier molecular flexibility index (Phi) is 3.84. The minimum absolute atomic E-state index is 0.0131. The fourth-order valence-corrected chi connectivity index (χ4v) is 1.41. The van der Waals surface area contributed by atoms with E-state index in [1.54, 1.807) is 0 Å². The first-order chi connectivity index (χ1) is 7.79. The molecule has 0 radical (unpaired) electrons. The van der Waals surface area contributed by atoms with Crippen LogP contribution in [0.3, 0.4) is 0 Å². The third-order valence-electron chi connectivity index (χ3n) is 2.27. The van der Waals surface area contributed by atoms with E-state index >= 15 is 0 Å². The Bertz CT molecular complexity index is 395. The Morgan fingerprint density at radius 2 is 1.94 bits per heavy atom. The van der Waals surface area contributed by atoms with Gasteiger partial charge in [0.1, 0.15) is 11.5 Å². The number of ether oxygens (including phenoxy) is 1. The fourth-order valence-electron chi connectivity index (χ4n) is 1.41. The molecule has 4 nitrogen and oxygen atoms in total. The van der Waals surface area contributed by atoms with E-state index in [0.29, 0.717) is 0 Å². The van der Waals surface area contributed by atoms with Gasteiger partial charge in [-0.2, -0.15) is 13.2 Å². The molecule has 0 saturated heterocycles. The Hall–Kier alpha value is -1.47. The normalized spacial score (nSPS) is 15.4.